The van der Waals surface area contributed by atoms with Crippen LogP contribution in [0.1, 0.15) is 19.9 Å². The molecule has 1 N–H and O–H groups in total. The maximum Gasteiger partial charge on any atom is 0.420 e. The Morgan fingerprint density at radius 2 is 2.08 bits per heavy atom. The molecule has 0 aliphatic carbocycles. The summed E-state index contributed by atoms with van der Waals surface area (Å²) in [6.07, 6.45) is 3.29. The molecule has 0 radical (unpaired) electrons. The van der Waals surface area contributed by atoms with Gasteiger partial charge in [-0.3, -0.25) is 9.36 Å². The Bertz CT molecular complexity index is 1170. The Morgan fingerprint density at radius 1 is 1.27 bits per heavy atom. The van der Waals surface area contributed by atoms with Gasteiger partial charge in [-0.25, -0.2) is 14.5 Å². The molecule has 0 spiro atoms. The van der Waals surface area contributed by atoms with Gasteiger partial charge in [-0.05, 0) is 32.0 Å². The number of pyridine rings is 1. The Balaban J connectivity index is 1.57. The number of rotatable bonds is 4. The topological polar surface area (TPSA) is 95.0 Å². The summed E-state index contributed by atoms with van der Waals surface area (Å²) in [5.74, 6) is -0.899. The van der Waals surface area contributed by atoms with Crippen LogP contribution >= 0.6 is 0 Å². The minimum Gasteiger partial charge on any atom is -0.408 e. The number of aromatic nitrogens is 4. The molecular formula is C18H17N5O3. The molecule has 3 aromatic heterocycles. The standard InChI is InChI=1S/C18H17N5O3/c1-11(2)23-17-12(8-20-23)7-13(9-19-17)21-16(24)10-22-14-5-3-4-6-15(14)26-18(22)25/h3-9,11H,10H2,1-2H3,(H,21,24). The fraction of sp³-hybridized carbons (Fsp3) is 0.222. The van der Waals surface area contributed by atoms with E-state index in [1.54, 1.807) is 36.7 Å². The van der Waals surface area contributed by atoms with Gasteiger partial charge < -0.3 is 9.73 Å². The predicted octanol–water partition coefficient (Wildman–Crippen LogP) is 2.56. The molecule has 4 rings (SSSR count). The molecule has 3 heterocycles. The summed E-state index contributed by atoms with van der Waals surface area (Å²) in [5, 5.41) is 7.90. The number of carbonyl (C=O) groups excluding carboxylic acids is 1. The third kappa shape index (κ3) is 2.75. The van der Waals surface area contributed by atoms with E-state index in [0.29, 0.717) is 16.8 Å². The molecule has 0 aliphatic rings. The van der Waals surface area contributed by atoms with E-state index in [-0.39, 0.29) is 18.5 Å². The van der Waals surface area contributed by atoms with Gasteiger partial charge in [-0.1, -0.05) is 12.1 Å². The van der Waals surface area contributed by atoms with E-state index >= 15 is 0 Å². The van der Waals surface area contributed by atoms with E-state index in [4.69, 9.17) is 4.42 Å². The molecule has 0 unspecified atom stereocenters. The molecule has 1 aromatic carbocycles. The van der Waals surface area contributed by atoms with Gasteiger partial charge >= 0.3 is 5.76 Å². The van der Waals surface area contributed by atoms with E-state index in [1.165, 1.54) is 4.57 Å². The van der Waals surface area contributed by atoms with Crippen molar-refractivity contribution in [2.75, 3.05) is 5.32 Å². The summed E-state index contributed by atoms with van der Waals surface area (Å²) < 4.78 is 8.25. The van der Waals surface area contributed by atoms with E-state index in [0.717, 1.165) is 11.0 Å². The Labute approximate surface area is 148 Å². The van der Waals surface area contributed by atoms with Crippen molar-refractivity contribution < 1.29 is 9.21 Å². The van der Waals surface area contributed by atoms with E-state index in [1.807, 2.05) is 24.6 Å². The highest BCUT2D eigenvalue weighted by Crippen LogP contribution is 2.19. The predicted molar refractivity (Wildman–Crippen MR) is 97.0 cm³/mol. The molecule has 26 heavy (non-hydrogen) atoms. The molecule has 0 aliphatic heterocycles. The first-order valence-corrected chi connectivity index (χ1v) is 8.24. The molecule has 4 aromatic rings. The largest absolute Gasteiger partial charge is 0.420 e. The second-order valence-corrected chi connectivity index (χ2v) is 6.29. The first kappa shape index (κ1) is 16.1. The van der Waals surface area contributed by atoms with Gasteiger partial charge in [0.05, 0.1) is 23.6 Å². The fourth-order valence-electron chi connectivity index (χ4n) is 2.89. The number of fused-ring (bicyclic) bond motifs is 2. The SMILES string of the molecule is CC(C)n1ncc2cc(NC(=O)Cn3c(=O)oc4ccccc43)cnc21. The maximum absolute atomic E-state index is 12.4. The highest BCUT2D eigenvalue weighted by Gasteiger charge is 2.13. The van der Waals surface area contributed by atoms with Crippen molar-refractivity contribution in [3.8, 4) is 0 Å². The van der Waals surface area contributed by atoms with Crippen LogP contribution in [0.5, 0.6) is 0 Å². The lowest BCUT2D eigenvalue weighted by molar-refractivity contribution is -0.116. The first-order valence-electron chi connectivity index (χ1n) is 8.24. The van der Waals surface area contributed by atoms with Crippen molar-refractivity contribution in [3.63, 3.8) is 0 Å². The van der Waals surface area contributed by atoms with Crippen LogP contribution in [0.15, 0.2) is 51.9 Å². The normalized spacial score (nSPS) is 11.5. The Kier molecular flexibility index (Phi) is 3.80. The molecule has 8 heteroatoms. The number of hydrogen-bond donors (Lipinski definition) is 1. The highest BCUT2D eigenvalue weighted by atomic mass is 16.4. The summed E-state index contributed by atoms with van der Waals surface area (Å²) >= 11 is 0. The van der Waals surface area contributed by atoms with E-state index in [2.05, 4.69) is 15.4 Å². The zero-order chi connectivity index (χ0) is 18.3. The molecule has 0 saturated carbocycles. The molecule has 8 nitrogen and oxygen atoms in total. The van der Waals surface area contributed by atoms with E-state index < -0.39 is 5.76 Å². The van der Waals surface area contributed by atoms with Crippen molar-refractivity contribution in [2.24, 2.45) is 0 Å². The lowest BCUT2D eigenvalue weighted by Gasteiger charge is -2.08. The number of para-hydroxylation sites is 2. The number of benzene rings is 1. The van der Waals surface area contributed by atoms with Crippen LogP contribution < -0.4 is 11.1 Å². The number of anilines is 1. The van der Waals surface area contributed by atoms with Crippen molar-refractivity contribution in [2.45, 2.75) is 26.4 Å². The van der Waals surface area contributed by atoms with Gasteiger partial charge in [0.2, 0.25) is 5.91 Å². The summed E-state index contributed by atoms with van der Waals surface area (Å²) in [4.78, 5) is 28.7. The van der Waals surface area contributed by atoms with Gasteiger partial charge in [0, 0.05) is 11.4 Å². The number of carbonyl (C=O) groups is 1. The quantitative estimate of drug-likeness (QED) is 0.610. The van der Waals surface area contributed by atoms with Gasteiger partial charge in [0.25, 0.3) is 0 Å². The minimum atomic E-state index is -0.562. The third-order valence-corrected chi connectivity index (χ3v) is 4.08. The molecule has 1 amide bonds. The smallest absolute Gasteiger partial charge is 0.408 e. The average molecular weight is 351 g/mol. The lowest BCUT2D eigenvalue weighted by atomic mass is 10.3. The van der Waals surface area contributed by atoms with Gasteiger partial charge in [-0.2, -0.15) is 5.10 Å². The lowest BCUT2D eigenvalue weighted by Crippen LogP contribution is -2.24. The van der Waals surface area contributed by atoms with Crippen LogP contribution in [0.3, 0.4) is 0 Å². The number of nitrogens with zero attached hydrogens (tertiary/aromatic N) is 4. The Morgan fingerprint density at radius 3 is 2.88 bits per heavy atom. The van der Waals surface area contributed by atoms with Crippen LogP contribution in [-0.4, -0.2) is 25.2 Å². The second kappa shape index (κ2) is 6.14. The van der Waals surface area contributed by atoms with Crippen molar-refractivity contribution in [1.29, 1.82) is 0 Å². The molecule has 0 atom stereocenters. The minimum absolute atomic E-state index is 0.140. The molecule has 0 saturated heterocycles. The molecule has 0 fully saturated rings. The van der Waals surface area contributed by atoms with E-state index in [9.17, 15) is 9.59 Å². The van der Waals surface area contributed by atoms with Crippen LogP contribution in [0.4, 0.5) is 5.69 Å². The monoisotopic (exact) mass is 351 g/mol. The van der Waals surface area contributed by atoms with Crippen LogP contribution in [0, 0.1) is 0 Å². The number of nitrogens with one attached hydrogen (secondary N) is 1. The van der Waals surface area contributed by atoms with Crippen LogP contribution in [-0.2, 0) is 11.3 Å². The third-order valence-electron chi connectivity index (χ3n) is 4.08. The van der Waals surface area contributed by atoms with Gasteiger partial charge in [0.1, 0.15) is 6.54 Å². The van der Waals surface area contributed by atoms with Crippen LogP contribution in [0.25, 0.3) is 22.1 Å². The Hall–Kier alpha value is -3.42. The summed E-state index contributed by atoms with van der Waals surface area (Å²) in [6.45, 7) is 3.91. The number of amides is 1. The second-order valence-electron chi connectivity index (χ2n) is 6.29. The number of oxazole rings is 1. The summed E-state index contributed by atoms with van der Waals surface area (Å²) in [6, 6.07) is 8.99. The molecule has 132 valence electrons. The molecular weight excluding hydrogens is 334 g/mol. The van der Waals surface area contributed by atoms with Crippen molar-refractivity contribution >= 4 is 33.7 Å². The maximum atomic E-state index is 12.4. The fourth-order valence-corrected chi connectivity index (χ4v) is 2.89. The summed E-state index contributed by atoms with van der Waals surface area (Å²) in [7, 11) is 0. The first-order chi connectivity index (χ1) is 12.5. The summed E-state index contributed by atoms with van der Waals surface area (Å²) in [5.41, 5.74) is 2.34. The zero-order valence-corrected chi connectivity index (χ0v) is 14.3. The zero-order valence-electron chi connectivity index (χ0n) is 14.3. The number of hydrogen-bond acceptors (Lipinski definition) is 5. The van der Waals surface area contributed by atoms with Crippen molar-refractivity contribution in [1.82, 2.24) is 19.3 Å². The average Bonchev–Trinajstić information content (AvgIpc) is 3.16. The molecule has 0 bridgehead atoms. The van der Waals surface area contributed by atoms with Gasteiger partial charge in [0.15, 0.2) is 11.2 Å². The highest BCUT2D eigenvalue weighted by molar-refractivity contribution is 5.93. The van der Waals surface area contributed by atoms with Crippen LogP contribution in [0.2, 0.25) is 0 Å². The van der Waals surface area contributed by atoms with Gasteiger partial charge in [-0.15, -0.1) is 0 Å². The van der Waals surface area contributed by atoms with Crippen molar-refractivity contribution in [3.05, 3.63) is 53.3 Å².